The van der Waals surface area contributed by atoms with Crippen LogP contribution in [-0.4, -0.2) is 49.3 Å². The van der Waals surface area contributed by atoms with Crippen molar-refractivity contribution in [1.29, 1.82) is 0 Å². The Kier molecular flexibility index (Phi) is 4.71. The number of rotatable bonds is 5. The van der Waals surface area contributed by atoms with Gasteiger partial charge in [-0.15, -0.1) is 0 Å². The average molecular weight is 273 g/mol. The predicted molar refractivity (Wildman–Crippen MR) is 78.8 cm³/mol. The van der Waals surface area contributed by atoms with Crippen molar-refractivity contribution >= 4 is 16.7 Å². The molecule has 2 aromatic carbocycles. The number of fused-ring (bicyclic) bond motifs is 1. The van der Waals surface area contributed by atoms with Crippen molar-refractivity contribution in [2.75, 3.05) is 27.3 Å². The minimum atomic E-state index is -0.672. The summed E-state index contributed by atoms with van der Waals surface area (Å²) in [6.07, 6.45) is -0.672. The number of hydrogen-bond donors (Lipinski definition) is 1. The summed E-state index contributed by atoms with van der Waals surface area (Å²) in [7, 11) is 3.20. The first-order valence-corrected chi connectivity index (χ1v) is 6.53. The Bertz CT molecular complexity index is 597. The van der Waals surface area contributed by atoms with Crippen LogP contribution in [0, 0.1) is 0 Å². The number of ether oxygens (including phenoxy) is 1. The van der Waals surface area contributed by atoms with E-state index in [0.29, 0.717) is 5.56 Å². The van der Waals surface area contributed by atoms with Crippen LogP contribution in [0.5, 0.6) is 0 Å². The smallest absolute Gasteiger partial charge is 0.253 e. The van der Waals surface area contributed by atoms with Gasteiger partial charge in [0, 0.05) is 26.3 Å². The monoisotopic (exact) mass is 273 g/mol. The van der Waals surface area contributed by atoms with Crippen LogP contribution in [0.1, 0.15) is 10.4 Å². The maximum absolute atomic E-state index is 12.3. The van der Waals surface area contributed by atoms with Crippen molar-refractivity contribution in [2.45, 2.75) is 6.10 Å². The third-order valence-electron chi connectivity index (χ3n) is 3.19. The maximum Gasteiger partial charge on any atom is 0.253 e. The van der Waals surface area contributed by atoms with E-state index in [1.54, 1.807) is 7.05 Å². The molecule has 0 bridgehead atoms. The fourth-order valence-corrected chi connectivity index (χ4v) is 2.19. The van der Waals surface area contributed by atoms with E-state index in [-0.39, 0.29) is 19.1 Å². The predicted octanol–water partition coefficient (Wildman–Crippen LogP) is 1.92. The number of benzene rings is 2. The molecule has 0 radical (unpaired) electrons. The first-order chi connectivity index (χ1) is 9.61. The summed E-state index contributed by atoms with van der Waals surface area (Å²) in [5.74, 6) is -0.106. The number of amides is 1. The zero-order valence-electron chi connectivity index (χ0n) is 11.7. The molecule has 1 amide bonds. The number of aliphatic hydroxyl groups is 1. The maximum atomic E-state index is 12.3. The van der Waals surface area contributed by atoms with E-state index in [1.165, 1.54) is 12.0 Å². The van der Waals surface area contributed by atoms with E-state index in [0.717, 1.165) is 10.8 Å². The number of aliphatic hydroxyl groups excluding tert-OH is 1. The molecule has 0 aliphatic carbocycles. The van der Waals surface area contributed by atoms with Crippen LogP contribution in [0.25, 0.3) is 10.8 Å². The van der Waals surface area contributed by atoms with Gasteiger partial charge in [-0.1, -0.05) is 30.3 Å². The molecule has 2 rings (SSSR count). The molecule has 1 unspecified atom stereocenters. The van der Waals surface area contributed by atoms with Crippen molar-refractivity contribution < 1.29 is 14.6 Å². The van der Waals surface area contributed by atoms with Crippen LogP contribution >= 0.6 is 0 Å². The Morgan fingerprint density at radius 1 is 1.25 bits per heavy atom. The van der Waals surface area contributed by atoms with Crippen LogP contribution in [0.4, 0.5) is 0 Å². The van der Waals surface area contributed by atoms with Gasteiger partial charge in [-0.3, -0.25) is 4.79 Å². The molecule has 1 N–H and O–H groups in total. The van der Waals surface area contributed by atoms with Crippen molar-refractivity contribution in [3.63, 3.8) is 0 Å². The number of nitrogens with zero attached hydrogens (tertiary/aromatic N) is 1. The van der Waals surface area contributed by atoms with Gasteiger partial charge in [-0.05, 0) is 22.9 Å². The summed E-state index contributed by atoms with van der Waals surface area (Å²) in [6, 6.07) is 13.5. The van der Waals surface area contributed by atoms with Crippen molar-refractivity contribution in [1.82, 2.24) is 4.90 Å². The lowest BCUT2D eigenvalue weighted by Crippen LogP contribution is -2.36. The summed E-state index contributed by atoms with van der Waals surface area (Å²) in [6.45, 7) is 0.467. The van der Waals surface area contributed by atoms with E-state index in [4.69, 9.17) is 4.74 Å². The molecule has 4 nitrogen and oxygen atoms in total. The zero-order chi connectivity index (χ0) is 14.5. The molecule has 20 heavy (non-hydrogen) atoms. The van der Waals surface area contributed by atoms with E-state index < -0.39 is 6.10 Å². The molecule has 106 valence electrons. The van der Waals surface area contributed by atoms with Gasteiger partial charge in [0.05, 0.1) is 12.7 Å². The summed E-state index contributed by atoms with van der Waals surface area (Å²) in [4.78, 5) is 13.8. The summed E-state index contributed by atoms with van der Waals surface area (Å²) in [5, 5.41) is 11.8. The quantitative estimate of drug-likeness (QED) is 0.905. The lowest BCUT2D eigenvalue weighted by atomic mass is 10.1. The Balaban J connectivity index is 2.14. The first-order valence-electron chi connectivity index (χ1n) is 6.53. The van der Waals surface area contributed by atoms with E-state index in [1.807, 2.05) is 42.5 Å². The summed E-state index contributed by atoms with van der Waals surface area (Å²) >= 11 is 0. The number of likely N-dealkylation sites (N-methyl/N-ethyl adjacent to an activating group) is 1. The van der Waals surface area contributed by atoms with Gasteiger partial charge >= 0.3 is 0 Å². The second kappa shape index (κ2) is 6.50. The molecular weight excluding hydrogens is 254 g/mol. The summed E-state index contributed by atoms with van der Waals surface area (Å²) < 4.78 is 4.86. The normalized spacial score (nSPS) is 12.3. The molecule has 0 spiro atoms. The van der Waals surface area contributed by atoms with Gasteiger partial charge in [0.15, 0.2) is 0 Å². The van der Waals surface area contributed by atoms with E-state index in [2.05, 4.69) is 0 Å². The molecule has 2 aromatic rings. The lowest BCUT2D eigenvalue weighted by Gasteiger charge is -2.20. The Morgan fingerprint density at radius 2 is 1.95 bits per heavy atom. The van der Waals surface area contributed by atoms with Gasteiger partial charge in [0.2, 0.25) is 0 Å². The van der Waals surface area contributed by atoms with Gasteiger partial charge in [-0.2, -0.15) is 0 Å². The molecule has 0 saturated carbocycles. The molecule has 0 aliphatic rings. The van der Waals surface area contributed by atoms with Gasteiger partial charge in [0.1, 0.15) is 0 Å². The Hall–Kier alpha value is -1.91. The standard InChI is InChI=1S/C16H19NO3/c1-17(10-15(18)11-20-2)16(19)14-8-7-12-5-3-4-6-13(12)9-14/h3-9,15,18H,10-11H2,1-2H3. The zero-order valence-corrected chi connectivity index (χ0v) is 11.7. The second-order valence-corrected chi connectivity index (χ2v) is 4.86. The number of hydrogen-bond acceptors (Lipinski definition) is 3. The minimum Gasteiger partial charge on any atom is -0.389 e. The van der Waals surface area contributed by atoms with Gasteiger partial charge in [-0.25, -0.2) is 0 Å². The minimum absolute atomic E-state index is 0.106. The molecule has 0 fully saturated rings. The van der Waals surface area contributed by atoms with Crippen molar-refractivity contribution in [2.24, 2.45) is 0 Å². The fraction of sp³-hybridized carbons (Fsp3) is 0.312. The van der Waals surface area contributed by atoms with Crippen LogP contribution < -0.4 is 0 Å². The Labute approximate surface area is 118 Å². The number of methoxy groups -OCH3 is 1. The third-order valence-corrected chi connectivity index (χ3v) is 3.19. The molecule has 1 atom stereocenters. The highest BCUT2D eigenvalue weighted by Crippen LogP contribution is 2.16. The van der Waals surface area contributed by atoms with Gasteiger partial charge < -0.3 is 14.7 Å². The number of carbonyl (C=O) groups excluding carboxylic acids is 1. The second-order valence-electron chi connectivity index (χ2n) is 4.86. The SMILES string of the molecule is COCC(O)CN(C)C(=O)c1ccc2ccccc2c1. The molecule has 0 heterocycles. The average Bonchev–Trinajstić information content (AvgIpc) is 2.46. The number of carbonyl (C=O) groups is 1. The van der Waals surface area contributed by atoms with Crippen LogP contribution in [0.3, 0.4) is 0 Å². The van der Waals surface area contributed by atoms with Gasteiger partial charge in [0.25, 0.3) is 5.91 Å². The lowest BCUT2D eigenvalue weighted by molar-refractivity contribution is 0.0380. The topological polar surface area (TPSA) is 49.8 Å². The molecule has 0 aliphatic heterocycles. The highest BCUT2D eigenvalue weighted by Gasteiger charge is 2.15. The molecule has 0 aromatic heterocycles. The Morgan fingerprint density at radius 3 is 2.65 bits per heavy atom. The summed E-state index contributed by atoms with van der Waals surface area (Å²) in [5.41, 5.74) is 0.621. The largest absolute Gasteiger partial charge is 0.389 e. The van der Waals surface area contributed by atoms with Crippen LogP contribution in [0.15, 0.2) is 42.5 Å². The van der Waals surface area contributed by atoms with Crippen LogP contribution in [0.2, 0.25) is 0 Å². The first kappa shape index (κ1) is 14.5. The van der Waals surface area contributed by atoms with E-state index in [9.17, 15) is 9.90 Å². The highest BCUT2D eigenvalue weighted by atomic mass is 16.5. The molecule has 0 saturated heterocycles. The fourth-order valence-electron chi connectivity index (χ4n) is 2.19. The molecular formula is C16H19NO3. The third kappa shape index (κ3) is 3.35. The van der Waals surface area contributed by atoms with Crippen molar-refractivity contribution in [3.8, 4) is 0 Å². The van der Waals surface area contributed by atoms with E-state index >= 15 is 0 Å². The molecule has 4 heteroatoms. The van der Waals surface area contributed by atoms with Crippen molar-refractivity contribution in [3.05, 3.63) is 48.0 Å². The van der Waals surface area contributed by atoms with Crippen LogP contribution in [-0.2, 0) is 4.74 Å². The highest BCUT2D eigenvalue weighted by molar-refractivity contribution is 5.98.